The van der Waals surface area contributed by atoms with Crippen LogP contribution in [0.5, 0.6) is 5.75 Å². The van der Waals surface area contributed by atoms with Gasteiger partial charge < -0.3 is 20.7 Å². The highest BCUT2D eigenvalue weighted by molar-refractivity contribution is 6.39. The van der Waals surface area contributed by atoms with Crippen molar-refractivity contribution >= 4 is 23.5 Å². The molecule has 1 fully saturated rings. The molecule has 0 bridgehead atoms. The van der Waals surface area contributed by atoms with Crippen LogP contribution in [0.3, 0.4) is 0 Å². The first-order valence-corrected chi connectivity index (χ1v) is 10.4. The third-order valence-electron chi connectivity index (χ3n) is 5.25. The van der Waals surface area contributed by atoms with Crippen molar-refractivity contribution in [1.82, 2.24) is 25.7 Å². The topological polar surface area (TPSA) is 126 Å². The van der Waals surface area contributed by atoms with Crippen LogP contribution >= 0.6 is 0 Å². The maximum Gasteiger partial charge on any atom is 0.314 e. The van der Waals surface area contributed by atoms with Crippen LogP contribution in [0.2, 0.25) is 0 Å². The maximum absolute atomic E-state index is 12.5. The zero-order valence-corrected chi connectivity index (χ0v) is 19.0. The summed E-state index contributed by atoms with van der Waals surface area (Å²) in [5.41, 5.74) is 1.31. The van der Waals surface area contributed by atoms with Gasteiger partial charge in [-0.05, 0) is 30.0 Å². The van der Waals surface area contributed by atoms with Gasteiger partial charge >= 0.3 is 11.8 Å². The van der Waals surface area contributed by atoms with Gasteiger partial charge in [-0.25, -0.2) is 4.68 Å². The standard InChI is InChI=1S/C22H30N6O4/c1-13-10-17(28(27-13)21-24-16(22(2,3)4)11-18(29)26-21)25-20(31)19(30)23-12-14-6-8-15(32-5)9-7-14/h6-10,16,21,24H,11-12H2,1-5H3,(H,23,30)(H,25,31)(H,26,29). The van der Waals surface area contributed by atoms with Gasteiger partial charge in [-0.15, -0.1) is 0 Å². The maximum atomic E-state index is 12.5. The summed E-state index contributed by atoms with van der Waals surface area (Å²) in [5, 5.41) is 15.8. The van der Waals surface area contributed by atoms with Crippen LogP contribution in [0.25, 0.3) is 0 Å². The minimum atomic E-state index is -0.825. The molecule has 10 nitrogen and oxygen atoms in total. The number of rotatable bonds is 5. The van der Waals surface area contributed by atoms with E-state index in [1.807, 2.05) is 20.8 Å². The second-order valence-electron chi connectivity index (χ2n) is 8.86. The van der Waals surface area contributed by atoms with E-state index in [9.17, 15) is 14.4 Å². The van der Waals surface area contributed by atoms with Crippen LogP contribution in [0.4, 0.5) is 5.82 Å². The number of aromatic nitrogens is 2. The molecule has 32 heavy (non-hydrogen) atoms. The summed E-state index contributed by atoms with van der Waals surface area (Å²) in [6.07, 6.45) is -0.303. The van der Waals surface area contributed by atoms with E-state index in [0.29, 0.717) is 23.7 Å². The summed E-state index contributed by atoms with van der Waals surface area (Å²) in [6.45, 7) is 8.10. The Bertz CT molecular complexity index is 993. The SMILES string of the molecule is COc1ccc(CNC(=O)C(=O)Nc2cc(C)nn2C2NC(=O)CC(C(C)(C)C)N2)cc1. The number of nitrogens with one attached hydrogen (secondary N) is 4. The molecule has 1 aliphatic rings. The van der Waals surface area contributed by atoms with E-state index in [-0.39, 0.29) is 23.9 Å². The first-order chi connectivity index (χ1) is 15.1. The summed E-state index contributed by atoms with van der Waals surface area (Å²) in [5.74, 6) is -0.706. The highest BCUT2D eigenvalue weighted by atomic mass is 16.5. The number of nitrogens with zero attached hydrogens (tertiary/aromatic N) is 2. The molecular formula is C22H30N6O4. The smallest absolute Gasteiger partial charge is 0.314 e. The quantitative estimate of drug-likeness (QED) is 0.519. The average molecular weight is 443 g/mol. The van der Waals surface area contributed by atoms with Crippen molar-refractivity contribution in [3.8, 4) is 5.75 Å². The number of carbonyl (C=O) groups excluding carboxylic acids is 3. The molecule has 10 heteroatoms. The molecule has 3 amide bonds. The lowest BCUT2D eigenvalue weighted by Crippen LogP contribution is -2.57. The second-order valence-corrected chi connectivity index (χ2v) is 8.86. The van der Waals surface area contributed by atoms with Crippen molar-refractivity contribution in [3.63, 3.8) is 0 Å². The van der Waals surface area contributed by atoms with E-state index >= 15 is 0 Å². The third-order valence-corrected chi connectivity index (χ3v) is 5.25. The lowest BCUT2D eigenvalue weighted by atomic mass is 9.84. The minimum Gasteiger partial charge on any atom is -0.497 e. The van der Waals surface area contributed by atoms with Crippen LogP contribution in [-0.4, -0.2) is 40.7 Å². The lowest BCUT2D eigenvalue weighted by Gasteiger charge is -2.39. The van der Waals surface area contributed by atoms with Crippen LogP contribution in [-0.2, 0) is 20.9 Å². The first kappa shape index (κ1) is 23.3. The summed E-state index contributed by atoms with van der Waals surface area (Å²) >= 11 is 0. The van der Waals surface area contributed by atoms with Gasteiger partial charge in [-0.3, -0.25) is 19.7 Å². The van der Waals surface area contributed by atoms with Crippen molar-refractivity contribution in [2.45, 2.75) is 53.0 Å². The van der Waals surface area contributed by atoms with Crippen LogP contribution in [0.15, 0.2) is 30.3 Å². The summed E-state index contributed by atoms with van der Waals surface area (Å²) in [7, 11) is 1.57. The molecule has 0 saturated carbocycles. The van der Waals surface area contributed by atoms with E-state index in [2.05, 4.69) is 26.4 Å². The van der Waals surface area contributed by atoms with Gasteiger partial charge in [0.05, 0.1) is 12.8 Å². The Morgan fingerprint density at radius 1 is 1.22 bits per heavy atom. The van der Waals surface area contributed by atoms with E-state index in [0.717, 1.165) is 5.56 Å². The molecule has 172 valence electrons. The number of hydrogen-bond donors (Lipinski definition) is 4. The Morgan fingerprint density at radius 3 is 2.53 bits per heavy atom. The van der Waals surface area contributed by atoms with Gasteiger partial charge in [0.15, 0.2) is 6.29 Å². The molecule has 1 aromatic carbocycles. The van der Waals surface area contributed by atoms with Gasteiger partial charge in [0.1, 0.15) is 11.6 Å². The Morgan fingerprint density at radius 2 is 1.91 bits per heavy atom. The van der Waals surface area contributed by atoms with Crippen molar-refractivity contribution in [2.24, 2.45) is 5.41 Å². The van der Waals surface area contributed by atoms with Gasteiger partial charge in [-0.2, -0.15) is 5.10 Å². The molecule has 1 saturated heterocycles. The number of hydrogen-bond acceptors (Lipinski definition) is 6. The fraction of sp³-hybridized carbons (Fsp3) is 0.455. The van der Waals surface area contributed by atoms with Crippen LogP contribution in [0, 0.1) is 12.3 Å². The molecule has 2 aromatic rings. The predicted octanol–water partition coefficient (Wildman–Crippen LogP) is 1.44. The van der Waals surface area contributed by atoms with Gasteiger partial charge in [0, 0.05) is 25.1 Å². The molecule has 0 radical (unpaired) electrons. The Hall–Kier alpha value is -3.40. The molecule has 1 aliphatic heterocycles. The third kappa shape index (κ3) is 5.64. The Labute approximate surface area is 187 Å². The molecule has 1 aromatic heterocycles. The second kappa shape index (κ2) is 9.39. The molecule has 2 heterocycles. The highest BCUT2D eigenvalue weighted by Crippen LogP contribution is 2.27. The van der Waals surface area contributed by atoms with E-state index in [1.165, 1.54) is 4.68 Å². The van der Waals surface area contributed by atoms with E-state index < -0.39 is 18.1 Å². The average Bonchev–Trinajstić information content (AvgIpc) is 3.11. The largest absolute Gasteiger partial charge is 0.497 e. The molecule has 2 unspecified atom stereocenters. The van der Waals surface area contributed by atoms with Crippen molar-refractivity contribution in [2.75, 3.05) is 12.4 Å². The number of methoxy groups -OCH3 is 1. The normalized spacial score (nSPS) is 18.6. The van der Waals surface area contributed by atoms with Gasteiger partial charge in [0.2, 0.25) is 5.91 Å². The molecule has 0 aliphatic carbocycles. The molecule has 2 atom stereocenters. The number of benzene rings is 1. The van der Waals surface area contributed by atoms with E-state index in [4.69, 9.17) is 4.74 Å². The first-order valence-electron chi connectivity index (χ1n) is 10.4. The summed E-state index contributed by atoms with van der Waals surface area (Å²) < 4.78 is 6.58. The number of anilines is 1. The highest BCUT2D eigenvalue weighted by Gasteiger charge is 2.35. The van der Waals surface area contributed by atoms with Crippen molar-refractivity contribution in [1.29, 1.82) is 0 Å². The van der Waals surface area contributed by atoms with Crippen molar-refractivity contribution < 1.29 is 19.1 Å². The predicted molar refractivity (Wildman–Crippen MR) is 119 cm³/mol. The number of carbonyl (C=O) groups is 3. The monoisotopic (exact) mass is 442 g/mol. The Kier molecular flexibility index (Phi) is 6.83. The van der Waals surface area contributed by atoms with Crippen LogP contribution in [0.1, 0.15) is 44.7 Å². The summed E-state index contributed by atoms with van der Waals surface area (Å²) in [6, 6.07) is 8.72. The number of aryl methyl sites for hydroxylation is 1. The summed E-state index contributed by atoms with van der Waals surface area (Å²) in [4.78, 5) is 37.0. The molecular weight excluding hydrogens is 412 g/mol. The molecule has 0 spiro atoms. The lowest BCUT2D eigenvalue weighted by molar-refractivity contribution is -0.136. The number of ether oxygens (including phenoxy) is 1. The molecule has 3 rings (SSSR count). The minimum absolute atomic E-state index is 0.0814. The van der Waals surface area contributed by atoms with Gasteiger partial charge in [-0.1, -0.05) is 32.9 Å². The Balaban J connectivity index is 1.66. The fourth-order valence-electron chi connectivity index (χ4n) is 3.36. The van der Waals surface area contributed by atoms with E-state index in [1.54, 1.807) is 44.4 Å². The number of amides is 3. The molecule has 4 N–H and O–H groups in total. The fourth-order valence-corrected chi connectivity index (χ4v) is 3.36. The van der Waals surface area contributed by atoms with Crippen LogP contribution < -0.4 is 26.0 Å². The van der Waals surface area contributed by atoms with Gasteiger partial charge in [0.25, 0.3) is 0 Å². The zero-order chi connectivity index (χ0) is 23.5. The van der Waals surface area contributed by atoms with Crippen molar-refractivity contribution in [3.05, 3.63) is 41.6 Å². The zero-order valence-electron chi connectivity index (χ0n) is 19.0.